The lowest BCUT2D eigenvalue weighted by Gasteiger charge is -2.14. The molecule has 2 aromatic carbocycles. The van der Waals surface area contributed by atoms with Crippen LogP contribution in [0.2, 0.25) is 5.02 Å². The first-order valence-electron chi connectivity index (χ1n) is 7.73. The van der Waals surface area contributed by atoms with Crippen LogP contribution in [0.4, 0.5) is 0 Å². The van der Waals surface area contributed by atoms with Gasteiger partial charge in [-0.15, -0.1) is 11.8 Å². The van der Waals surface area contributed by atoms with Gasteiger partial charge in [-0.1, -0.05) is 23.7 Å². The number of hydrogen-bond donors (Lipinski definition) is 1. The van der Waals surface area contributed by atoms with Crippen LogP contribution in [-0.2, 0) is 4.79 Å². The molecule has 0 bridgehead atoms. The predicted octanol–water partition coefficient (Wildman–Crippen LogP) is 4.16. The number of carbonyl (C=O) groups is 1. The Balaban J connectivity index is 1.52. The molecule has 0 radical (unpaired) electrons. The number of aromatic nitrogens is 2. The maximum Gasteiger partial charge on any atom is 0.242 e. The van der Waals surface area contributed by atoms with Gasteiger partial charge in [0.05, 0.1) is 17.4 Å². The summed E-state index contributed by atoms with van der Waals surface area (Å²) in [5.74, 6) is 0.806. The Bertz CT molecular complexity index is 832. The van der Waals surface area contributed by atoms with Crippen molar-refractivity contribution < 1.29 is 4.79 Å². The maximum absolute atomic E-state index is 12.4. The van der Waals surface area contributed by atoms with E-state index in [1.807, 2.05) is 60.0 Å². The first-order valence-corrected chi connectivity index (χ1v) is 9.09. The molecule has 0 saturated carbocycles. The smallest absolute Gasteiger partial charge is 0.242 e. The average Bonchev–Trinajstić information content (AvgIpc) is 3.03. The number of hydrogen-bond acceptors (Lipinski definition) is 3. The van der Waals surface area contributed by atoms with Crippen molar-refractivity contribution in [2.45, 2.75) is 17.9 Å². The molecule has 0 aliphatic carbocycles. The number of carbonyl (C=O) groups excluding carboxylic acids is 1. The fourth-order valence-corrected chi connectivity index (χ4v) is 3.33. The highest BCUT2D eigenvalue weighted by molar-refractivity contribution is 7.99. The Morgan fingerprint density at radius 1 is 1.25 bits per heavy atom. The SMILES string of the molecule is CC(C(=O)NCCSc1ccc(Cl)cc1)n1cnc2ccccc21. The minimum Gasteiger partial charge on any atom is -0.353 e. The van der Waals surface area contributed by atoms with Gasteiger partial charge in [0.2, 0.25) is 5.91 Å². The minimum atomic E-state index is -0.294. The van der Waals surface area contributed by atoms with Crippen LogP contribution in [-0.4, -0.2) is 27.8 Å². The number of fused-ring (bicyclic) bond motifs is 1. The first-order chi connectivity index (χ1) is 11.6. The molecule has 1 unspecified atom stereocenters. The maximum atomic E-state index is 12.4. The van der Waals surface area contributed by atoms with Crippen molar-refractivity contribution >= 4 is 40.3 Å². The molecule has 3 aromatic rings. The van der Waals surface area contributed by atoms with Gasteiger partial charge in [-0.25, -0.2) is 4.98 Å². The fraction of sp³-hybridized carbons (Fsp3) is 0.222. The highest BCUT2D eigenvalue weighted by Gasteiger charge is 2.16. The Hall–Kier alpha value is -1.98. The number of para-hydroxylation sites is 2. The highest BCUT2D eigenvalue weighted by Crippen LogP contribution is 2.20. The standard InChI is InChI=1S/C18H18ClN3OS/c1-13(22-12-21-16-4-2-3-5-17(16)22)18(23)20-10-11-24-15-8-6-14(19)7-9-15/h2-9,12-13H,10-11H2,1H3,(H,20,23). The van der Waals surface area contributed by atoms with Crippen molar-refractivity contribution in [3.05, 3.63) is 59.9 Å². The second kappa shape index (κ2) is 7.73. The van der Waals surface area contributed by atoms with E-state index >= 15 is 0 Å². The average molecular weight is 360 g/mol. The minimum absolute atomic E-state index is 0.00476. The van der Waals surface area contributed by atoms with Crippen LogP contribution < -0.4 is 5.32 Å². The third-order valence-electron chi connectivity index (χ3n) is 3.76. The molecule has 3 rings (SSSR count). The number of amides is 1. The number of imidazole rings is 1. The van der Waals surface area contributed by atoms with Crippen LogP contribution in [0.15, 0.2) is 59.8 Å². The predicted molar refractivity (Wildman–Crippen MR) is 99.6 cm³/mol. The van der Waals surface area contributed by atoms with Gasteiger partial charge >= 0.3 is 0 Å². The Morgan fingerprint density at radius 3 is 2.79 bits per heavy atom. The Kier molecular flexibility index (Phi) is 5.43. The van der Waals surface area contributed by atoms with E-state index in [1.54, 1.807) is 18.1 Å². The van der Waals surface area contributed by atoms with Gasteiger partial charge in [0, 0.05) is 22.2 Å². The van der Waals surface area contributed by atoms with Crippen molar-refractivity contribution in [2.75, 3.05) is 12.3 Å². The normalized spacial score (nSPS) is 12.2. The summed E-state index contributed by atoms with van der Waals surface area (Å²) in [4.78, 5) is 17.8. The lowest BCUT2D eigenvalue weighted by atomic mass is 10.2. The number of benzene rings is 2. The van der Waals surface area contributed by atoms with Crippen LogP contribution in [0, 0.1) is 0 Å². The van der Waals surface area contributed by atoms with Gasteiger partial charge in [0.15, 0.2) is 0 Å². The zero-order valence-electron chi connectivity index (χ0n) is 13.3. The van der Waals surface area contributed by atoms with E-state index in [2.05, 4.69) is 10.3 Å². The monoisotopic (exact) mass is 359 g/mol. The van der Waals surface area contributed by atoms with E-state index in [0.29, 0.717) is 6.54 Å². The van der Waals surface area contributed by atoms with Gasteiger partial charge in [-0.3, -0.25) is 4.79 Å². The fourth-order valence-electron chi connectivity index (χ4n) is 2.43. The third kappa shape index (κ3) is 3.91. The number of halogens is 1. The molecule has 1 N–H and O–H groups in total. The third-order valence-corrected chi connectivity index (χ3v) is 5.03. The van der Waals surface area contributed by atoms with E-state index in [-0.39, 0.29) is 11.9 Å². The summed E-state index contributed by atoms with van der Waals surface area (Å²) < 4.78 is 1.90. The lowest BCUT2D eigenvalue weighted by Crippen LogP contribution is -2.32. The summed E-state index contributed by atoms with van der Waals surface area (Å²) in [5.41, 5.74) is 1.87. The van der Waals surface area contributed by atoms with Crippen LogP contribution in [0.25, 0.3) is 11.0 Å². The molecule has 24 heavy (non-hydrogen) atoms. The second-order valence-electron chi connectivity index (χ2n) is 5.41. The largest absolute Gasteiger partial charge is 0.353 e. The first kappa shape index (κ1) is 16.9. The summed E-state index contributed by atoms with van der Waals surface area (Å²) in [6.45, 7) is 2.50. The van der Waals surface area contributed by atoms with Gasteiger partial charge < -0.3 is 9.88 Å². The van der Waals surface area contributed by atoms with Gasteiger partial charge in [0.25, 0.3) is 0 Å². The summed E-state index contributed by atoms with van der Waals surface area (Å²) in [5, 5.41) is 3.71. The molecule has 6 heteroatoms. The Morgan fingerprint density at radius 2 is 2.00 bits per heavy atom. The lowest BCUT2D eigenvalue weighted by molar-refractivity contribution is -0.123. The summed E-state index contributed by atoms with van der Waals surface area (Å²) >= 11 is 7.56. The van der Waals surface area contributed by atoms with E-state index in [9.17, 15) is 4.79 Å². The highest BCUT2D eigenvalue weighted by atomic mass is 35.5. The van der Waals surface area contributed by atoms with Gasteiger partial charge in [0.1, 0.15) is 6.04 Å². The molecule has 0 aliphatic rings. The zero-order chi connectivity index (χ0) is 16.9. The van der Waals surface area contributed by atoms with Crippen molar-refractivity contribution in [3.63, 3.8) is 0 Å². The van der Waals surface area contributed by atoms with Crippen LogP contribution in [0.3, 0.4) is 0 Å². The second-order valence-corrected chi connectivity index (χ2v) is 7.01. The molecule has 1 amide bonds. The number of nitrogens with one attached hydrogen (secondary N) is 1. The van der Waals surface area contributed by atoms with E-state index in [4.69, 9.17) is 11.6 Å². The summed E-state index contributed by atoms with van der Waals surface area (Å²) in [6.07, 6.45) is 1.72. The van der Waals surface area contributed by atoms with E-state index in [1.165, 1.54) is 0 Å². The van der Waals surface area contributed by atoms with Crippen molar-refractivity contribution in [1.82, 2.24) is 14.9 Å². The van der Waals surface area contributed by atoms with Gasteiger partial charge in [-0.05, 0) is 43.3 Å². The molecule has 0 saturated heterocycles. The molecule has 1 heterocycles. The topological polar surface area (TPSA) is 46.9 Å². The molecule has 1 atom stereocenters. The number of thioether (sulfide) groups is 1. The molecule has 0 aliphatic heterocycles. The molecule has 0 fully saturated rings. The van der Waals surface area contributed by atoms with Crippen molar-refractivity contribution in [3.8, 4) is 0 Å². The van der Waals surface area contributed by atoms with Crippen LogP contribution in [0.1, 0.15) is 13.0 Å². The Labute approximate surface area is 150 Å². The molecular formula is C18H18ClN3OS. The number of rotatable bonds is 6. The zero-order valence-corrected chi connectivity index (χ0v) is 14.8. The quantitative estimate of drug-likeness (QED) is 0.531. The molecule has 124 valence electrons. The van der Waals surface area contributed by atoms with Crippen LogP contribution in [0.5, 0.6) is 0 Å². The van der Waals surface area contributed by atoms with E-state index in [0.717, 1.165) is 26.7 Å². The van der Waals surface area contributed by atoms with Crippen molar-refractivity contribution in [1.29, 1.82) is 0 Å². The van der Waals surface area contributed by atoms with E-state index < -0.39 is 0 Å². The summed E-state index contributed by atoms with van der Waals surface area (Å²) in [7, 11) is 0. The van der Waals surface area contributed by atoms with Gasteiger partial charge in [-0.2, -0.15) is 0 Å². The molecular weight excluding hydrogens is 342 g/mol. The summed E-state index contributed by atoms with van der Waals surface area (Å²) in [6, 6.07) is 15.2. The molecule has 1 aromatic heterocycles. The van der Waals surface area contributed by atoms with Crippen LogP contribution >= 0.6 is 23.4 Å². The molecule has 0 spiro atoms. The molecule has 4 nitrogen and oxygen atoms in total. The van der Waals surface area contributed by atoms with Crippen molar-refractivity contribution in [2.24, 2.45) is 0 Å². The number of nitrogens with zero attached hydrogens (tertiary/aromatic N) is 2.